The smallest absolute Gasteiger partial charge is 0.260 e. The van der Waals surface area contributed by atoms with Crippen molar-refractivity contribution >= 4 is 15.9 Å². The van der Waals surface area contributed by atoms with E-state index in [1.165, 1.54) is 0 Å². The van der Waals surface area contributed by atoms with Crippen LogP contribution in [-0.2, 0) is 14.8 Å². The molecule has 0 saturated carbocycles. The van der Waals surface area contributed by atoms with Crippen LogP contribution in [0.2, 0.25) is 0 Å². The molecular formula is C16H24N2O5S. The lowest BCUT2D eigenvalue weighted by atomic mass is 10.0. The standard InChI is InChI=1S/C16H24N2O5S/c1-22-14-6-8-15(9-7-14)23-12-16(19)18-10-4-3-5-13(18)11-17-24(2,20)21/h6-9,13,17H,3-5,10-12H2,1-2H3. The Morgan fingerprint density at radius 2 is 1.92 bits per heavy atom. The average Bonchev–Trinajstić information content (AvgIpc) is 2.58. The second kappa shape index (κ2) is 8.34. The first-order chi connectivity index (χ1) is 11.4. The number of nitrogens with zero attached hydrogens (tertiary/aromatic N) is 1. The third-order valence-corrected chi connectivity index (χ3v) is 4.64. The minimum absolute atomic E-state index is 0.0678. The Hall–Kier alpha value is -1.80. The Bertz CT molecular complexity index is 645. The van der Waals surface area contributed by atoms with Gasteiger partial charge in [-0.25, -0.2) is 13.1 Å². The molecular weight excluding hydrogens is 332 g/mol. The summed E-state index contributed by atoms with van der Waals surface area (Å²) in [6.07, 6.45) is 3.81. The van der Waals surface area contributed by atoms with Gasteiger partial charge in [-0.2, -0.15) is 0 Å². The highest BCUT2D eigenvalue weighted by Gasteiger charge is 2.27. The van der Waals surface area contributed by atoms with Gasteiger partial charge in [0.15, 0.2) is 6.61 Å². The highest BCUT2D eigenvalue weighted by Crippen LogP contribution is 2.19. The number of nitrogens with one attached hydrogen (secondary N) is 1. The topological polar surface area (TPSA) is 84.9 Å². The predicted octanol–water partition coefficient (Wildman–Crippen LogP) is 1.00. The number of likely N-dealkylation sites (tertiary alicyclic amines) is 1. The highest BCUT2D eigenvalue weighted by atomic mass is 32.2. The number of amides is 1. The largest absolute Gasteiger partial charge is 0.497 e. The van der Waals surface area contributed by atoms with E-state index in [9.17, 15) is 13.2 Å². The number of sulfonamides is 1. The van der Waals surface area contributed by atoms with Crippen LogP contribution in [0.15, 0.2) is 24.3 Å². The first kappa shape index (κ1) is 18.5. The quantitative estimate of drug-likeness (QED) is 0.788. The lowest BCUT2D eigenvalue weighted by molar-refractivity contribution is -0.136. The van der Waals surface area contributed by atoms with E-state index in [0.717, 1.165) is 31.3 Å². The molecule has 24 heavy (non-hydrogen) atoms. The minimum atomic E-state index is -3.27. The molecule has 1 aliphatic heterocycles. The zero-order chi connectivity index (χ0) is 17.6. The summed E-state index contributed by atoms with van der Waals surface area (Å²) in [4.78, 5) is 14.1. The second-order valence-corrected chi connectivity index (χ2v) is 7.65. The monoisotopic (exact) mass is 356 g/mol. The predicted molar refractivity (Wildman–Crippen MR) is 90.7 cm³/mol. The van der Waals surface area contributed by atoms with Gasteiger partial charge in [0.25, 0.3) is 5.91 Å². The van der Waals surface area contributed by atoms with Crippen molar-refractivity contribution in [3.8, 4) is 11.5 Å². The van der Waals surface area contributed by atoms with Crippen molar-refractivity contribution in [2.24, 2.45) is 0 Å². The van der Waals surface area contributed by atoms with Crippen LogP contribution in [0.5, 0.6) is 11.5 Å². The molecule has 1 saturated heterocycles. The molecule has 1 unspecified atom stereocenters. The summed E-state index contributed by atoms with van der Waals surface area (Å²) in [5.41, 5.74) is 0. The average molecular weight is 356 g/mol. The Morgan fingerprint density at radius 1 is 1.25 bits per heavy atom. The molecule has 2 rings (SSSR count). The molecule has 1 aliphatic rings. The van der Waals surface area contributed by atoms with Crippen molar-refractivity contribution in [2.75, 3.05) is 33.1 Å². The van der Waals surface area contributed by atoms with E-state index in [1.807, 2.05) is 0 Å². The third kappa shape index (κ3) is 5.68. The van der Waals surface area contributed by atoms with Gasteiger partial charge in [-0.1, -0.05) is 0 Å². The summed E-state index contributed by atoms with van der Waals surface area (Å²) in [5, 5.41) is 0. The van der Waals surface area contributed by atoms with E-state index < -0.39 is 10.0 Å². The van der Waals surface area contributed by atoms with Crippen LogP contribution in [0.1, 0.15) is 19.3 Å². The van der Waals surface area contributed by atoms with Crippen LogP contribution in [0.4, 0.5) is 0 Å². The first-order valence-electron chi connectivity index (χ1n) is 7.90. The molecule has 1 heterocycles. The molecule has 0 radical (unpaired) electrons. The van der Waals surface area contributed by atoms with E-state index >= 15 is 0 Å². The van der Waals surface area contributed by atoms with Gasteiger partial charge in [-0.05, 0) is 43.5 Å². The van der Waals surface area contributed by atoms with Crippen molar-refractivity contribution in [1.82, 2.24) is 9.62 Å². The Labute approximate surface area is 143 Å². The number of carbonyl (C=O) groups excluding carboxylic acids is 1. The van der Waals surface area contributed by atoms with Crippen molar-refractivity contribution in [3.63, 3.8) is 0 Å². The van der Waals surface area contributed by atoms with Crippen molar-refractivity contribution in [1.29, 1.82) is 0 Å². The molecule has 7 nitrogen and oxygen atoms in total. The molecule has 0 aliphatic carbocycles. The maximum Gasteiger partial charge on any atom is 0.260 e. The number of rotatable bonds is 7. The highest BCUT2D eigenvalue weighted by molar-refractivity contribution is 7.88. The molecule has 1 amide bonds. The Morgan fingerprint density at radius 3 is 2.54 bits per heavy atom. The fourth-order valence-corrected chi connectivity index (χ4v) is 3.18. The van der Waals surface area contributed by atoms with Gasteiger partial charge in [0.05, 0.1) is 13.4 Å². The van der Waals surface area contributed by atoms with E-state index in [2.05, 4.69) is 4.72 Å². The van der Waals surface area contributed by atoms with Crippen molar-refractivity contribution in [3.05, 3.63) is 24.3 Å². The SMILES string of the molecule is COc1ccc(OCC(=O)N2CCCCC2CNS(C)(=O)=O)cc1. The summed E-state index contributed by atoms with van der Waals surface area (Å²) in [5.74, 6) is 1.18. The van der Waals surface area contributed by atoms with Crippen molar-refractivity contribution < 1.29 is 22.7 Å². The zero-order valence-electron chi connectivity index (χ0n) is 14.0. The molecule has 1 aromatic rings. The number of carbonyl (C=O) groups is 1. The van der Waals surface area contributed by atoms with Crippen LogP contribution >= 0.6 is 0 Å². The summed E-state index contributed by atoms with van der Waals surface area (Å²) in [6, 6.07) is 6.88. The van der Waals surface area contributed by atoms with Crippen LogP contribution < -0.4 is 14.2 Å². The van der Waals surface area contributed by atoms with E-state index in [4.69, 9.17) is 9.47 Å². The lowest BCUT2D eigenvalue weighted by Crippen LogP contribution is -2.50. The maximum absolute atomic E-state index is 12.4. The molecule has 134 valence electrons. The van der Waals surface area contributed by atoms with E-state index in [0.29, 0.717) is 12.3 Å². The van der Waals surface area contributed by atoms with Crippen LogP contribution in [0, 0.1) is 0 Å². The number of hydrogen-bond acceptors (Lipinski definition) is 5. The molecule has 1 atom stereocenters. The maximum atomic E-state index is 12.4. The lowest BCUT2D eigenvalue weighted by Gasteiger charge is -2.35. The fourth-order valence-electron chi connectivity index (χ4n) is 2.69. The van der Waals surface area contributed by atoms with Gasteiger partial charge in [0.2, 0.25) is 10.0 Å². The second-order valence-electron chi connectivity index (χ2n) is 5.82. The normalized spacial score (nSPS) is 18.2. The van der Waals surface area contributed by atoms with Gasteiger partial charge < -0.3 is 14.4 Å². The molecule has 0 bridgehead atoms. The number of ether oxygens (including phenoxy) is 2. The first-order valence-corrected chi connectivity index (χ1v) is 9.79. The van der Waals surface area contributed by atoms with E-state index in [1.54, 1.807) is 36.3 Å². The van der Waals surface area contributed by atoms with Gasteiger partial charge in [0, 0.05) is 19.1 Å². The third-order valence-electron chi connectivity index (χ3n) is 3.95. The molecule has 8 heteroatoms. The van der Waals surface area contributed by atoms with E-state index in [-0.39, 0.29) is 25.1 Å². The molecule has 1 aromatic carbocycles. The van der Waals surface area contributed by atoms with Crippen LogP contribution in [0.3, 0.4) is 0 Å². The summed E-state index contributed by atoms with van der Waals surface area (Å²) in [7, 11) is -1.68. The molecule has 0 aromatic heterocycles. The van der Waals surface area contributed by atoms with Crippen LogP contribution in [-0.4, -0.2) is 58.3 Å². The minimum Gasteiger partial charge on any atom is -0.497 e. The number of piperidine rings is 1. The zero-order valence-corrected chi connectivity index (χ0v) is 14.8. The summed E-state index contributed by atoms with van der Waals surface area (Å²) < 4.78 is 35.6. The fraction of sp³-hybridized carbons (Fsp3) is 0.562. The van der Waals surface area contributed by atoms with Gasteiger partial charge in [0.1, 0.15) is 11.5 Å². The Kier molecular flexibility index (Phi) is 6.44. The van der Waals surface area contributed by atoms with Gasteiger partial charge >= 0.3 is 0 Å². The summed E-state index contributed by atoms with van der Waals surface area (Å²) >= 11 is 0. The van der Waals surface area contributed by atoms with Crippen LogP contribution in [0.25, 0.3) is 0 Å². The molecule has 1 N–H and O–H groups in total. The number of methoxy groups -OCH3 is 1. The number of hydrogen-bond donors (Lipinski definition) is 1. The molecule has 1 fully saturated rings. The molecule has 0 spiro atoms. The Balaban J connectivity index is 1.90. The van der Waals surface area contributed by atoms with Crippen molar-refractivity contribution in [2.45, 2.75) is 25.3 Å². The van der Waals surface area contributed by atoms with Gasteiger partial charge in [-0.3, -0.25) is 4.79 Å². The number of benzene rings is 1. The van der Waals surface area contributed by atoms with Gasteiger partial charge in [-0.15, -0.1) is 0 Å². The summed E-state index contributed by atoms with van der Waals surface area (Å²) in [6.45, 7) is 0.801.